The quantitative estimate of drug-likeness (QED) is 0.315. The molecule has 0 saturated carbocycles. The fraction of sp³-hybridized carbons (Fsp3) is 0. The van der Waals surface area contributed by atoms with Crippen LogP contribution in [0.1, 0.15) is 10.4 Å². The third-order valence-corrected chi connectivity index (χ3v) is 5.65. The lowest BCUT2D eigenvalue weighted by Crippen LogP contribution is -2.31. The van der Waals surface area contributed by atoms with Crippen LogP contribution in [0.5, 0.6) is 0 Å². The van der Waals surface area contributed by atoms with E-state index in [2.05, 4.69) is 35.6 Å². The summed E-state index contributed by atoms with van der Waals surface area (Å²) in [4.78, 5) is 12.8. The van der Waals surface area contributed by atoms with Crippen molar-refractivity contribution in [1.29, 1.82) is 0 Å². The molecule has 4 nitrogen and oxygen atoms in total. The van der Waals surface area contributed by atoms with Crippen molar-refractivity contribution >= 4 is 68.1 Å². The van der Waals surface area contributed by atoms with Gasteiger partial charge in [-0.15, -0.1) is 0 Å². The van der Waals surface area contributed by atoms with Gasteiger partial charge in [-0.1, -0.05) is 66.2 Å². The molecule has 140 valence electrons. The Morgan fingerprint density at radius 3 is 2.17 bits per heavy atom. The van der Waals surface area contributed by atoms with E-state index in [1.54, 1.807) is 0 Å². The lowest BCUT2D eigenvalue weighted by atomic mass is 9.80. The van der Waals surface area contributed by atoms with E-state index in [0.29, 0.717) is 11.3 Å². The van der Waals surface area contributed by atoms with Crippen molar-refractivity contribution in [3.05, 3.63) is 83.4 Å². The van der Waals surface area contributed by atoms with Crippen molar-refractivity contribution in [2.45, 2.75) is 0 Å². The van der Waals surface area contributed by atoms with Crippen molar-refractivity contribution in [2.24, 2.45) is 0 Å². The van der Waals surface area contributed by atoms with Crippen LogP contribution in [0.25, 0.3) is 32.3 Å². The molecular weight excluding hydrogens is 385 g/mol. The van der Waals surface area contributed by atoms with Crippen molar-refractivity contribution < 1.29 is 14.8 Å². The van der Waals surface area contributed by atoms with Gasteiger partial charge in [0, 0.05) is 27.1 Å². The summed E-state index contributed by atoms with van der Waals surface area (Å²) in [6, 6.07) is 22.8. The highest BCUT2D eigenvalue weighted by Crippen LogP contribution is 2.37. The molecule has 5 aromatic carbocycles. The summed E-state index contributed by atoms with van der Waals surface area (Å²) in [7, 11) is -1.68. The summed E-state index contributed by atoms with van der Waals surface area (Å²) in [6.45, 7) is 0. The molecule has 0 heterocycles. The van der Waals surface area contributed by atoms with E-state index in [1.807, 2.05) is 24.3 Å². The second-order valence-corrected chi connectivity index (χ2v) is 7.44. The molecule has 29 heavy (non-hydrogen) atoms. The minimum absolute atomic E-state index is 0.128. The molecule has 0 atom stereocenters. The smallest absolute Gasteiger partial charge is 0.423 e. The fourth-order valence-corrected chi connectivity index (χ4v) is 4.19. The van der Waals surface area contributed by atoms with Crippen LogP contribution in [-0.4, -0.2) is 23.1 Å². The highest BCUT2D eigenvalue weighted by atomic mass is 35.5. The number of amides is 1. The number of halogens is 1. The molecular formula is C23H15BClNO3. The normalized spacial score (nSPS) is 11.4. The van der Waals surface area contributed by atoms with E-state index in [1.165, 1.54) is 23.6 Å². The Morgan fingerprint density at radius 1 is 0.828 bits per heavy atom. The molecule has 5 rings (SSSR count). The third-order valence-electron chi connectivity index (χ3n) is 5.32. The Labute approximate surface area is 171 Å². The molecule has 5 aromatic rings. The minimum Gasteiger partial charge on any atom is -0.423 e. The first-order valence-corrected chi connectivity index (χ1v) is 9.54. The van der Waals surface area contributed by atoms with E-state index < -0.39 is 7.12 Å². The van der Waals surface area contributed by atoms with Gasteiger partial charge in [-0.2, -0.15) is 0 Å². The molecule has 0 aromatic heterocycles. The Kier molecular flexibility index (Phi) is 4.17. The predicted octanol–water partition coefficient (Wildman–Crippen LogP) is 4.17. The van der Waals surface area contributed by atoms with E-state index in [4.69, 9.17) is 11.6 Å². The standard InChI is InChI=1S/C23H15BClNO3/c25-19-12-16(7-10-18(19)24(28)29)23(27)26-20-11-8-15-5-4-13-2-1-3-14-6-9-17(20)22(15)21(13)14/h1-12,28-29H,(H,26,27). The summed E-state index contributed by atoms with van der Waals surface area (Å²) in [5.74, 6) is -0.319. The van der Waals surface area contributed by atoms with Crippen molar-refractivity contribution in [2.75, 3.05) is 5.32 Å². The molecule has 0 radical (unpaired) electrons. The van der Waals surface area contributed by atoms with Gasteiger partial charge in [0.15, 0.2) is 0 Å². The first kappa shape index (κ1) is 17.9. The summed E-state index contributed by atoms with van der Waals surface area (Å²) in [6.07, 6.45) is 0. The predicted molar refractivity (Wildman–Crippen MR) is 119 cm³/mol. The lowest BCUT2D eigenvalue weighted by Gasteiger charge is -2.15. The number of rotatable bonds is 3. The number of carbonyl (C=O) groups is 1. The second kappa shape index (κ2) is 6.74. The molecule has 1 amide bonds. The fourth-order valence-electron chi connectivity index (χ4n) is 3.92. The van der Waals surface area contributed by atoms with Gasteiger partial charge in [-0.3, -0.25) is 4.79 Å². The molecule has 6 heteroatoms. The third kappa shape index (κ3) is 2.91. The van der Waals surface area contributed by atoms with Crippen molar-refractivity contribution in [3.8, 4) is 0 Å². The molecule has 0 bridgehead atoms. The van der Waals surface area contributed by atoms with E-state index in [-0.39, 0.29) is 16.4 Å². The van der Waals surface area contributed by atoms with Gasteiger partial charge >= 0.3 is 7.12 Å². The van der Waals surface area contributed by atoms with Crippen LogP contribution in [-0.2, 0) is 0 Å². The van der Waals surface area contributed by atoms with E-state index in [0.717, 1.165) is 26.9 Å². The van der Waals surface area contributed by atoms with Crippen LogP contribution in [0.4, 0.5) is 5.69 Å². The van der Waals surface area contributed by atoms with Crippen LogP contribution in [0.2, 0.25) is 5.02 Å². The summed E-state index contributed by atoms with van der Waals surface area (Å²) in [5.41, 5.74) is 1.21. The second-order valence-electron chi connectivity index (χ2n) is 7.03. The van der Waals surface area contributed by atoms with Crippen LogP contribution < -0.4 is 10.8 Å². The van der Waals surface area contributed by atoms with Gasteiger partial charge < -0.3 is 15.4 Å². The molecule has 3 N–H and O–H groups in total. The first-order chi connectivity index (χ1) is 14.0. The number of carbonyl (C=O) groups excluding carboxylic acids is 1. The SMILES string of the molecule is O=C(Nc1ccc2ccc3cccc4ccc1c2c34)c1ccc(B(O)O)c(Cl)c1. The average Bonchev–Trinajstić information content (AvgIpc) is 2.72. The average molecular weight is 400 g/mol. The Hall–Kier alpha value is -3.12. The van der Waals surface area contributed by atoms with Crippen LogP contribution in [0, 0.1) is 0 Å². The van der Waals surface area contributed by atoms with Gasteiger partial charge in [0.1, 0.15) is 0 Å². The highest BCUT2D eigenvalue weighted by Gasteiger charge is 2.18. The van der Waals surface area contributed by atoms with Gasteiger partial charge in [-0.25, -0.2) is 0 Å². The maximum atomic E-state index is 12.8. The molecule has 0 aliphatic rings. The van der Waals surface area contributed by atoms with E-state index in [9.17, 15) is 14.8 Å². The summed E-state index contributed by atoms with van der Waals surface area (Å²) in [5, 5.41) is 28.4. The first-order valence-electron chi connectivity index (χ1n) is 9.16. The number of anilines is 1. The molecule has 0 spiro atoms. The molecule has 0 fully saturated rings. The van der Waals surface area contributed by atoms with Gasteiger partial charge in [0.2, 0.25) is 0 Å². The highest BCUT2D eigenvalue weighted by molar-refractivity contribution is 6.62. The monoisotopic (exact) mass is 399 g/mol. The van der Waals surface area contributed by atoms with E-state index >= 15 is 0 Å². The topological polar surface area (TPSA) is 69.6 Å². The molecule has 0 aliphatic carbocycles. The van der Waals surface area contributed by atoms with Crippen LogP contribution in [0.15, 0.2) is 72.8 Å². The summed E-state index contributed by atoms with van der Waals surface area (Å²) < 4.78 is 0. The number of nitrogens with one attached hydrogen (secondary N) is 1. The molecule has 0 saturated heterocycles. The number of benzene rings is 5. The van der Waals surface area contributed by atoms with Crippen molar-refractivity contribution in [1.82, 2.24) is 0 Å². The minimum atomic E-state index is -1.68. The van der Waals surface area contributed by atoms with Gasteiger partial charge in [0.05, 0.1) is 0 Å². The van der Waals surface area contributed by atoms with Gasteiger partial charge in [0.25, 0.3) is 5.91 Å². The van der Waals surface area contributed by atoms with Crippen LogP contribution >= 0.6 is 11.6 Å². The summed E-state index contributed by atoms with van der Waals surface area (Å²) >= 11 is 6.07. The Morgan fingerprint density at radius 2 is 1.48 bits per heavy atom. The lowest BCUT2D eigenvalue weighted by molar-refractivity contribution is 0.102. The maximum absolute atomic E-state index is 12.8. The Balaban J connectivity index is 1.60. The zero-order valence-corrected chi connectivity index (χ0v) is 15.9. The Bertz CT molecular complexity index is 1380. The molecule has 0 aliphatic heterocycles. The largest absolute Gasteiger partial charge is 0.489 e. The number of hydrogen-bond donors (Lipinski definition) is 3. The van der Waals surface area contributed by atoms with Crippen LogP contribution in [0.3, 0.4) is 0 Å². The van der Waals surface area contributed by atoms with Gasteiger partial charge in [-0.05, 0) is 45.1 Å². The zero-order chi connectivity index (χ0) is 20.1. The number of hydrogen-bond acceptors (Lipinski definition) is 3. The van der Waals surface area contributed by atoms with Crippen molar-refractivity contribution in [3.63, 3.8) is 0 Å². The zero-order valence-electron chi connectivity index (χ0n) is 15.2. The molecule has 0 unspecified atom stereocenters. The maximum Gasteiger partial charge on any atom is 0.489 e.